The summed E-state index contributed by atoms with van der Waals surface area (Å²) in [5, 5.41) is 13.5. The predicted molar refractivity (Wildman–Crippen MR) is 93.8 cm³/mol. The van der Waals surface area contributed by atoms with Gasteiger partial charge in [0.25, 0.3) is 5.91 Å². The van der Waals surface area contributed by atoms with E-state index in [0.29, 0.717) is 22.7 Å². The molecule has 28 heavy (non-hydrogen) atoms. The van der Waals surface area contributed by atoms with Gasteiger partial charge in [-0.05, 0) is 52.4 Å². The summed E-state index contributed by atoms with van der Waals surface area (Å²) in [5.74, 6) is 0.316. The second kappa shape index (κ2) is 7.74. The van der Waals surface area contributed by atoms with Crippen molar-refractivity contribution in [3.8, 4) is 17.2 Å². The highest BCUT2D eigenvalue weighted by molar-refractivity contribution is 5.91. The molecule has 0 radical (unpaired) electrons. The van der Waals surface area contributed by atoms with Crippen molar-refractivity contribution in [2.45, 2.75) is 6.54 Å². The Balaban J connectivity index is 1.25. The number of carbonyl (C=O) groups excluding carboxylic acids is 2. The third-order valence-corrected chi connectivity index (χ3v) is 3.98. The van der Waals surface area contributed by atoms with Crippen molar-refractivity contribution in [2.24, 2.45) is 0 Å². The zero-order valence-electron chi connectivity index (χ0n) is 14.6. The molecule has 10 heteroatoms. The van der Waals surface area contributed by atoms with Crippen LogP contribution in [0.1, 0.15) is 15.9 Å². The molecular formula is C18H15N5O5. The largest absolute Gasteiger partial charge is 0.454 e. The number of tetrazole rings is 1. The van der Waals surface area contributed by atoms with E-state index >= 15 is 0 Å². The highest BCUT2D eigenvalue weighted by atomic mass is 16.7. The van der Waals surface area contributed by atoms with E-state index in [0.717, 1.165) is 5.56 Å². The van der Waals surface area contributed by atoms with E-state index in [1.807, 2.05) is 6.07 Å². The number of rotatable bonds is 6. The normalized spacial score (nSPS) is 11.9. The van der Waals surface area contributed by atoms with Gasteiger partial charge in [-0.1, -0.05) is 6.07 Å². The van der Waals surface area contributed by atoms with Crippen molar-refractivity contribution >= 4 is 11.9 Å². The Morgan fingerprint density at radius 3 is 2.71 bits per heavy atom. The average molecular weight is 381 g/mol. The van der Waals surface area contributed by atoms with E-state index in [4.69, 9.17) is 14.2 Å². The molecule has 1 aromatic heterocycles. The maximum atomic E-state index is 12.1. The summed E-state index contributed by atoms with van der Waals surface area (Å²) in [6, 6.07) is 11.9. The van der Waals surface area contributed by atoms with Gasteiger partial charge in [0, 0.05) is 6.54 Å². The van der Waals surface area contributed by atoms with Gasteiger partial charge in [-0.2, -0.15) is 0 Å². The van der Waals surface area contributed by atoms with Gasteiger partial charge in [0.05, 0.1) is 11.3 Å². The van der Waals surface area contributed by atoms with Crippen LogP contribution in [0.15, 0.2) is 48.8 Å². The maximum Gasteiger partial charge on any atom is 0.338 e. The van der Waals surface area contributed by atoms with Crippen LogP contribution in [0.4, 0.5) is 0 Å². The van der Waals surface area contributed by atoms with Gasteiger partial charge in [-0.3, -0.25) is 4.79 Å². The molecule has 4 rings (SSSR count). The molecule has 0 saturated carbocycles. The summed E-state index contributed by atoms with van der Waals surface area (Å²) in [6.45, 7) is 0.101. The van der Waals surface area contributed by atoms with Gasteiger partial charge < -0.3 is 19.5 Å². The number of benzene rings is 2. The minimum Gasteiger partial charge on any atom is -0.454 e. The molecule has 0 spiro atoms. The predicted octanol–water partition coefficient (Wildman–Crippen LogP) is 0.864. The SMILES string of the molecule is O=C(COC(=O)c1ccc(-n2cnnn2)cc1)NCc1ccc2c(c1)OCO2. The van der Waals surface area contributed by atoms with Crippen molar-refractivity contribution < 1.29 is 23.8 Å². The number of carbonyl (C=O) groups is 2. The maximum absolute atomic E-state index is 12.1. The molecule has 1 aliphatic rings. The third-order valence-electron chi connectivity index (χ3n) is 3.98. The minimum atomic E-state index is -0.596. The Morgan fingerprint density at radius 2 is 1.93 bits per heavy atom. The number of ether oxygens (including phenoxy) is 3. The lowest BCUT2D eigenvalue weighted by molar-refractivity contribution is -0.124. The van der Waals surface area contributed by atoms with Gasteiger partial charge in [-0.25, -0.2) is 9.48 Å². The topological polar surface area (TPSA) is 117 Å². The zero-order chi connectivity index (χ0) is 19.3. The number of hydrogen-bond acceptors (Lipinski definition) is 8. The monoisotopic (exact) mass is 381 g/mol. The number of amides is 1. The van der Waals surface area contributed by atoms with E-state index in [2.05, 4.69) is 20.8 Å². The van der Waals surface area contributed by atoms with Crippen molar-refractivity contribution in [1.29, 1.82) is 0 Å². The van der Waals surface area contributed by atoms with Crippen LogP contribution in [0, 0.1) is 0 Å². The van der Waals surface area contributed by atoms with E-state index in [-0.39, 0.29) is 19.9 Å². The first-order valence-electron chi connectivity index (χ1n) is 8.35. The molecule has 1 N–H and O–H groups in total. The quantitative estimate of drug-likeness (QED) is 0.625. The third kappa shape index (κ3) is 3.90. The molecule has 0 saturated heterocycles. The molecule has 0 atom stereocenters. The lowest BCUT2D eigenvalue weighted by atomic mass is 10.2. The summed E-state index contributed by atoms with van der Waals surface area (Å²) in [5.41, 5.74) is 1.87. The number of aromatic nitrogens is 4. The summed E-state index contributed by atoms with van der Waals surface area (Å²) in [4.78, 5) is 24.0. The molecule has 0 bridgehead atoms. The summed E-state index contributed by atoms with van der Waals surface area (Å²) >= 11 is 0. The fourth-order valence-corrected chi connectivity index (χ4v) is 2.55. The fraction of sp³-hybridized carbons (Fsp3) is 0.167. The first-order valence-corrected chi connectivity index (χ1v) is 8.35. The van der Waals surface area contributed by atoms with Gasteiger partial charge in [0.15, 0.2) is 18.1 Å². The summed E-state index contributed by atoms with van der Waals surface area (Å²) < 4.78 is 17.0. The number of nitrogens with one attached hydrogen (secondary N) is 1. The van der Waals surface area contributed by atoms with Crippen molar-refractivity contribution in [1.82, 2.24) is 25.5 Å². The van der Waals surface area contributed by atoms with Crippen molar-refractivity contribution in [3.05, 3.63) is 59.9 Å². The Labute approximate surface area is 159 Å². The van der Waals surface area contributed by atoms with E-state index in [9.17, 15) is 9.59 Å². The van der Waals surface area contributed by atoms with Gasteiger partial charge in [-0.15, -0.1) is 5.10 Å². The van der Waals surface area contributed by atoms with Gasteiger partial charge in [0.1, 0.15) is 6.33 Å². The fourth-order valence-electron chi connectivity index (χ4n) is 2.55. The Morgan fingerprint density at radius 1 is 1.11 bits per heavy atom. The van der Waals surface area contributed by atoms with Crippen LogP contribution < -0.4 is 14.8 Å². The molecule has 0 unspecified atom stereocenters. The van der Waals surface area contributed by atoms with Crippen LogP contribution in [0.25, 0.3) is 5.69 Å². The lowest BCUT2D eigenvalue weighted by Crippen LogP contribution is -2.28. The molecule has 0 aliphatic carbocycles. The van der Waals surface area contributed by atoms with Crippen molar-refractivity contribution in [2.75, 3.05) is 13.4 Å². The molecule has 2 aromatic carbocycles. The zero-order valence-corrected chi connectivity index (χ0v) is 14.6. The highest BCUT2D eigenvalue weighted by Gasteiger charge is 2.14. The van der Waals surface area contributed by atoms with Crippen LogP contribution in [-0.2, 0) is 16.1 Å². The average Bonchev–Trinajstić information content (AvgIpc) is 3.42. The molecular weight excluding hydrogens is 366 g/mol. The molecule has 1 aliphatic heterocycles. The molecule has 142 valence electrons. The minimum absolute atomic E-state index is 0.192. The van der Waals surface area contributed by atoms with E-state index in [1.54, 1.807) is 36.4 Å². The molecule has 3 aromatic rings. The lowest BCUT2D eigenvalue weighted by Gasteiger charge is -2.08. The standard InChI is InChI=1S/C18H15N5O5/c24-17(19-8-12-1-6-15-16(7-12)28-11-27-15)9-26-18(25)13-2-4-14(5-3-13)23-10-20-21-22-23/h1-7,10H,8-9,11H2,(H,19,24). The highest BCUT2D eigenvalue weighted by Crippen LogP contribution is 2.32. The van der Waals surface area contributed by atoms with Crippen molar-refractivity contribution in [3.63, 3.8) is 0 Å². The number of fused-ring (bicyclic) bond motifs is 1. The number of nitrogens with zero attached hydrogens (tertiary/aromatic N) is 4. The van der Waals surface area contributed by atoms with Crippen LogP contribution in [0.5, 0.6) is 11.5 Å². The van der Waals surface area contributed by atoms with Crippen LogP contribution >= 0.6 is 0 Å². The van der Waals surface area contributed by atoms with E-state index < -0.39 is 11.9 Å². The van der Waals surface area contributed by atoms with Gasteiger partial charge >= 0.3 is 5.97 Å². The Hall–Kier alpha value is -3.95. The van der Waals surface area contributed by atoms with Crippen LogP contribution in [-0.4, -0.2) is 45.5 Å². The number of esters is 1. The second-order valence-electron chi connectivity index (χ2n) is 5.84. The summed E-state index contributed by atoms with van der Waals surface area (Å²) in [7, 11) is 0. The first kappa shape index (κ1) is 17.5. The second-order valence-corrected chi connectivity index (χ2v) is 5.84. The van der Waals surface area contributed by atoms with Crippen LogP contribution in [0.3, 0.4) is 0 Å². The molecule has 10 nitrogen and oxygen atoms in total. The Bertz CT molecular complexity index is 988. The number of hydrogen-bond donors (Lipinski definition) is 1. The smallest absolute Gasteiger partial charge is 0.338 e. The molecule has 0 fully saturated rings. The van der Waals surface area contributed by atoms with Crippen LogP contribution in [0.2, 0.25) is 0 Å². The molecule has 2 heterocycles. The molecule has 1 amide bonds. The summed E-state index contributed by atoms with van der Waals surface area (Å²) in [6.07, 6.45) is 1.44. The van der Waals surface area contributed by atoms with E-state index in [1.165, 1.54) is 11.0 Å². The Kier molecular flexibility index (Phi) is 4.83. The van der Waals surface area contributed by atoms with Gasteiger partial charge in [0.2, 0.25) is 6.79 Å². The first-order chi connectivity index (χ1) is 13.7.